The standard InChI is InChI=1S/C22H28N8O/c1-31-19-9-7-17(8-10-19)20(21-25-26-27-30(21)18-5-2-3-6-18)28-13-15-29(16-14-28)22-23-11-4-12-24-22/h4,7-12,18,20H,2-3,5-6,13-16H2,1H3/t20-/m1/s1. The predicted molar refractivity (Wildman–Crippen MR) is 116 cm³/mol. The maximum absolute atomic E-state index is 5.37. The molecular weight excluding hydrogens is 392 g/mol. The largest absolute Gasteiger partial charge is 0.497 e. The summed E-state index contributed by atoms with van der Waals surface area (Å²) in [6.07, 6.45) is 8.37. The van der Waals surface area contributed by atoms with E-state index in [1.165, 1.54) is 18.4 Å². The molecule has 9 nitrogen and oxygen atoms in total. The summed E-state index contributed by atoms with van der Waals surface area (Å²) in [6, 6.07) is 10.5. The van der Waals surface area contributed by atoms with Crippen LogP contribution >= 0.6 is 0 Å². The van der Waals surface area contributed by atoms with Crippen molar-refractivity contribution in [3.8, 4) is 5.75 Å². The molecule has 0 unspecified atom stereocenters. The second kappa shape index (κ2) is 8.97. The number of hydrogen-bond donors (Lipinski definition) is 0. The Labute approximate surface area is 182 Å². The second-order valence-corrected chi connectivity index (χ2v) is 8.17. The van der Waals surface area contributed by atoms with Gasteiger partial charge in [0.25, 0.3) is 0 Å². The van der Waals surface area contributed by atoms with Gasteiger partial charge in [-0.1, -0.05) is 25.0 Å². The highest BCUT2D eigenvalue weighted by Crippen LogP contribution is 2.35. The third kappa shape index (κ3) is 4.10. The smallest absolute Gasteiger partial charge is 0.225 e. The molecule has 2 aromatic heterocycles. The van der Waals surface area contributed by atoms with Gasteiger partial charge in [0.05, 0.1) is 19.2 Å². The molecule has 1 aliphatic carbocycles. The molecule has 2 fully saturated rings. The first-order chi connectivity index (χ1) is 15.3. The summed E-state index contributed by atoms with van der Waals surface area (Å²) < 4.78 is 7.45. The van der Waals surface area contributed by atoms with Gasteiger partial charge in [-0.15, -0.1) is 5.10 Å². The molecule has 3 aromatic rings. The lowest BCUT2D eigenvalue weighted by molar-refractivity contribution is 0.197. The van der Waals surface area contributed by atoms with Gasteiger partial charge in [0.15, 0.2) is 5.82 Å². The number of hydrogen-bond acceptors (Lipinski definition) is 8. The highest BCUT2D eigenvalue weighted by molar-refractivity contribution is 5.33. The highest BCUT2D eigenvalue weighted by atomic mass is 16.5. The fourth-order valence-electron chi connectivity index (χ4n) is 4.73. The molecule has 9 heteroatoms. The van der Waals surface area contributed by atoms with Crippen molar-refractivity contribution >= 4 is 5.95 Å². The maximum atomic E-state index is 5.37. The lowest BCUT2D eigenvalue weighted by Crippen LogP contribution is -2.49. The van der Waals surface area contributed by atoms with Crippen molar-refractivity contribution in [1.82, 2.24) is 35.1 Å². The Morgan fingerprint density at radius 3 is 2.35 bits per heavy atom. The van der Waals surface area contributed by atoms with Gasteiger partial charge in [0.2, 0.25) is 5.95 Å². The molecule has 3 heterocycles. The number of tetrazole rings is 1. The molecule has 1 aliphatic heterocycles. The van der Waals surface area contributed by atoms with E-state index in [0.717, 1.165) is 56.5 Å². The Hall–Kier alpha value is -3.07. The fourth-order valence-corrected chi connectivity index (χ4v) is 4.73. The van der Waals surface area contributed by atoms with E-state index in [9.17, 15) is 0 Å². The third-order valence-corrected chi connectivity index (χ3v) is 6.38. The van der Waals surface area contributed by atoms with Crippen LogP contribution in [0.3, 0.4) is 0 Å². The van der Waals surface area contributed by atoms with Crippen molar-refractivity contribution < 1.29 is 4.74 Å². The van der Waals surface area contributed by atoms with Gasteiger partial charge < -0.3 is 9.64 Å². The Bertz CT molecular complexity index is 963. The highest BCUT2D eigenvalue weighted by Gasteiger charge is 2.33. The van der Waals surface area contributed by atoms with Crippen LogP contribution in [-0.4, -0.2) is 68.4 Å². The zero-order chi connectivity index (χ0) is 21.0. The predicted octanol–water partition coefficient (Wildman–Crippen LogP) is 2.50. The van der Waals surface area contributed by atoms with Crippen LogP contribution in [0.15, 0.2) is 42.7 Å². The van der Waals surface area contributed by atoms with Gasteiger partial charge >= 0.3 is 0 Å². The molecule has 0 radical (unpaired) electrons. The molecule has 31 heavy (non-hydrogen) atoms. The summed E-state index contributed by atoms with van der Waals surface area (Å²) >= 11 is 0. The van der Waals surface area contributed by atoms with E-state index in [2.05, 4.69) is 52.1 Å². The van der Waals surface area contributed by atoms with E-state index in [1.807, 2.05) is 18.2 Å². The summed E-state index contributed by atoms with van der Waals surface area (Å²) in [4.78, 5) is 13.5. The topological polar surface area (TPSA) is 85.1 Å². The number of benzene rings is 1. The minimum Gasteiger partial charge on any atom is -0.497 e. The quantitative estimate of drug-likeness (QED) is 0.601. The molecular formula is C22H28N8O. The average Bonchev–Trinajstić information content (AvgIpc) is 3.53. The fraction of sp³-hybridized carbons (Fsp3) is 0.500. The van der Waals surface area contributed by atoms with Crippen LogP contribution in [0, 0.1) is 0 Å². The molecule has 0 spiro atoms. The van der Waals surface area contributed by atoms with Crippen molar-refractivity contribution in [3.63, 3.8) is 0 Å². The van der Waals surface area contributed by atoms with Crippen molar-refractivity contribution in [1.29, 1.82) is 0 Å². The number of ether oxygens (including phenoxy) is 1. The summed E-state index contributed by atoms with van der Waals surface area (Å²) in [6.45, 7) is 3.49. The first kappa shape index (κ1) is 19.9. The van der Waals surface area contributed by atoms with E-state index in [-0.39, 0.29) is 6.04 Å². The number of methoxy groups -OCH3 is 1. The third-order valence-electron chi connectivity index (χ3n) is 6.38. The first-order valence-corrected chi connectivity index (χ1v) is 11.0. The van der Waals surface area contributed by atoms with Gasteiger partial charge in [0.1, 0.15) is 5.75 Å². The number of nitrogens with zero attached hydrogens (tertiary/aromatic N) is 8. The normalized spacial score (nSPS) is 18.9. The number of anilines is 1. The van der Waals surface area contributed by atoms with E-state index in [0.29, 0.717) is 6.04 Å². The van der Waals surface area contributed by atoms with Crippen LogP contribution in [0.5, 0.6) is 5.75 Å². The molecule has 0 amide bonds. The van der Waals surface area contributed by atoms with Crippen LogP contribution in [0.2, 0.25) is 0 Å². The summed E-state index contributed by atoms with van der Waals surface area (Å²) in [5, 5.41) is 13.0. The number of rotatable bonds is 6. The molecule has 162 valence electrons. The van der Waals surface area contributed by atoms with Crippen molar-refractivity contribution in [2.75, 3.05) is 38.2 Å². The molecule has 1 atom stereocenters. The molecule has 1 saturated heterocycles. The summed E-state index contributed by atoms with van der Waals surface area (Å²) in [7, 11) is 1.69. The number of piperazine rings is 1. The van der Waals surface area contributed by atoms with E-state index in [1.54, 1.807) is 19.5 Å². The Balaban J connectivity index is 1.43. The van der Waals surface area contributed by atoms with Crippen LogP contribution in [-0.2, 0) is 0 Å². The molecule has 0 bridgehead atoms. The summed E-state index contributed by atoms with van der Waals surface area (Å²) in [5.41, 5.74) is 1.18. The molecule has 0 N–H and O–H groups in total. The summed E-state index contributed by atoms with van der Waals surface area (Å²) in [5.74, 6) is 2.57. The van der Waals surface area contributed by atoms with Crippen molar-refractivity contribution in [3.05, 3.63) is 54.1 Å². The Kier molecular flexibility index (Phi) is 5.75. The van der Waals surface area contributed by atoms with Gasteiger partial charge in [-0.25, -0.2) is 14.6 Å². The Morgan fingerprint density at radius 1 is 0.968 bits per heavy atom. The van der Waals surface area contributed by atoms with Crippen LogP contribution in [0.4, 0.5) is 5.95 Å². The van der Waals surface area contributed by atoms with Crippen LogP contribution in [0.1, 0.15) is 49.2 Å². The maximum Gasteiger partial charge on any atom is 0.225 e. The van der Waals surface area contributed by atoms with Crippen molar-refractivity contribution in [2.24, 2.45) is 0 Å². The van der Waals surface area contributed by atoms with Gasteiger partial charge in [-0.3, -0.25) is 4.90 Å². The second-order valence-electron chi connectivity index (χ2n) is 8.17. The zero-order valence-electron chi connectivity index (χ0n) is 17.8. The lowest BCUT2D eigenvalue weighted by atomic mass is 10.0. The molecule has 1 saturated carbocycles. The average molecular weight is 421 g/mol. The van der Waals surface area contributed by atoms with E-state index in [4.69, 9.17) is 4.74 Å². The first-order valence-electron chi connectivity index (χ1n) is 11.0. The number of aromatic nitrogens is 6. The van der Waals surface area contributed by atoms with Gasteiger partial charge in [0, 0.05) is 38.6 Å². The van der Waals surface area contributed by atoms with E-state index >= 15 is 0 Å². The molecule has 1 aromatic carbocycles. The Morgan fingerprint density at radius 2 is 1.68 bits per heavy atom. The SMILES string of the molecule is COc1ccc([C@H](c2nnnn2C2CCCC2)N2CCN(c3ncccn3)CC2)cc1. The lowest BCUT2D eigenvalue weighted by Gasteiger charge is -2.39. The minimum atomic E-state index is 0.000322. The minimum absolute atomic E-state index is 0.000322. The monoisotopic (exact) mass is 420 g/mol. The molecule has 2 aliphatic rings. The van der Waals surface area contributed by atoms with Crippen LogP contribution in [0.25, 0.3) is 0 Å². The van der Waals surface area contributed by atoms with Crippen LogP contribution < -0.4 is 9.64 Å². The zero-order valence-corrected chi connectivity index (χ0v) is 17.8. The molecule has 5 rings (SSSR count). The van der Waals surface area contributed by atoms with Crippen molar-refractivity contribution in [2.45, 2.75) is 37.8 Å². The van der Waals surface area contributed by atoms with Gasteiger partial charge in [-0.05, 0) is 47.0 Å². The van der Waals surface area contributed by atoms with E-state index < -0.39 is 0 Å². The van der Waals surface area contributed by atoms with Gasteiger partial charge in [-0.2, -0.15) is 0 Å².